The lowest BCUT2D eigenvalue weighted by molar-refractivity contribution is 0.135. The Morgan fingerprint density at radius 2 is 0.692 bits per heavy atom. The second-order valence-corrected chi connectivity index (χ2v) is 2.33. The third-order valence-corrected chi connectivity index (χ3v) is 1.25. The Labute approximate surface area is 75.4 Å². The van der Waals surface area contributed by atoms with Crippen LogP contribution in [0.4, 0.5) is 9.59 Å². The van der Waals surface area contributed by atoms with Crippen LogP contribution in [0.1, 0.15) is 32.1 Å². The minimum absolute atomic E-state index is 1.50. The van der Waals surface area contributed by atoms with E-state index in [1.807, 2.05) is 0 Å². The van der Waals surface area contributed by atoms with Crippen LogP contribution in [0, 0.1) is 0 Å². The van der Waals surface area contributed by atoms with E-state index < -0.39 is 12.3 Å². The van der Waals surface area contributed by atoms with E-state index >= 15 is 0 Å². The van der Waals surface area contributed by atoms with E-state index in [9.17, 15) is 0 Å². The Balaban J connectivity index is 0. The highest BCUT2D eigenvalue weighted by atomic mass is 16.6. The molecule has 0 aromatic carbocycles. The van der Waals surface area contributed by atoms with E-state index in [4.69, 9.17) is 30.0 Å². The highest BCUT2D eigenvalue weighted by Gasteiger charge is 1.95. The second kappa shape index (κ2) is 10.5. The number of hydrogen-bond donors (Lipinski definition) is 4. The summed E-state index contributed by atoms with van der Waals surface area (Å²) < 4.78 is 0. The van der Waals surface area contributed by atoms with Gasteiger partial charge in [0.1, 0.15) is 0 Å². The van der Waals surface area contributed by atoms with Gasteiger partial charge in [0.2, 0.25) is 0 Å². The molecule has 1 fully saturated rings. The first kappa shape index (κ1) is 14.1. The van der Waals surface area contributed by atoms with Crippen molar-refractivity contribution in [1.29, 1.82) is 0 Å². The van der Waals surface area contributed by atoms with Gasteiger partial charge in [-0.1, -0.05) is 32.1 Å². The molecule has 6 heteroatoms. The Bertz CT molecular complexity index is 112. The highest BCUT2D eigenvalue weighted by molar-refractivity contribution is 5.53. The summed E-state index contributed by atoms with van der Waals surface area (Å²) >= 11 is 0. The maximum Gasteiger partial charge on any atom is 0.503 e. The summed E-state index contributed by atoms with van der Waals surface area (Å²) in [5.74, 6) is 0. The molecule has 1 aliphatic carbocycles. The fourth-order valence-electron chi connectivity index (χ4n) is 0.884. The molecule has 4 N–H and O–H groups in total. The average Bonchev–Trinajstić information content (AvgIpc) is 2.35. The normalized spacial score (nSPS) is 12.9. The van der Waals surface area contributed by atoms with E-state index in [0.29, 0.717) is 0 Å². The third kappa shape index (κ3) is 61.3. The smallest absolute Gasteiger partial charge is 0.450 e. The molecule has 0 aromatic heterocycles. The van der Waals surface area contributed by atoms with Gasteiger partial charge in [-0.25, -0.2) is 9.59 Å². The van der Waals surface area contributed by atoms with E-state index in [1.165, 1.54) is 32.1 Å². The fourth-order valence-corrected chi connectivity index (χ4v) is 0.884. The Kier molecular flexibility index (Phi) is 11.4. The van der Waals surface area contributed by atoms with Gasteiger partial charge >= 0.3 is 12.3 Å². The molecule has 78 valence electrons. The van der Waals surface area contributed by atoms with Crippen molar-refractivity contribution in [1.82, 2.24) is 0 Å². The molecule has 1 saturated carbocycles. The fraction of sp³-hybridized carbons (Fsp3) is 0.714. The van der Waals surface area contributed by atoms with Crippen LogP contribution in [0.3, 0.4) is 0 Å². The largest absolute Gasteiger partial charge is 0.503 e. The van der Waals surface area contributed by atoms with Crippen molar-refractivity contribution in [2.24, 2.45) is 0 Å². The maximum absolute atomic E-state index is 8.56. The summed E-state index contributed by atoms with van der Waals surface area (Å²) in [5, 5.41) is 27.9. The predicted octanol–water partition coefficient (Wildman–Crippen LogP) is 2.40. The van der Waals surface area contributed by atoms with Crippen LogP contribution in [0.5, 0.6) is 0 Å². The number of carboxylic acid groups (broad SMARTS) is 4. The molecule has 0 spiro atoms. The Morgan fingerprint density at radius 3 is 0.769 bits per heavy atom. The molecule has 1 rings (SSSR count). The van der Waals surface area contributed by atoms with Gasteiger partial charge in [-0.2, -0.15) is 0 Å². The molecular formula is C7H14O6. The topological polar surface area (TPSA) is 115 Å². The van der Waals surface area contributed by atoms with Crippen LogP contribution >= 0.6 is 0 Å². The van der Waals surface area contributed by atoms with E-state index in [1.54, 1.807) is 0 Å². The first-order chi connectivity index (χ1) is 5.96. The molecular weight excluding hydrogens is 180 g/mol. The van der Waals surface area contributed by atoms with Crippen LogP contribution in [0.15, 0.2) is 0 Å². The lowest BCUT2D eigenvalue weighted by Gasteiger charge is -1.67. The number of carbonyl (C=O) groups is 2. The van der Waals surface area contributed by atoms with Gasteiger partial charge in [0.05, 0.1) is 0 Å². The van der Waals surface area contributed by atoms with Crippen molar-refractivity contribution in [2.45, 2.75) is 32.1 Å². The van der Waals surface area contributed by atoms with Gasteiger partial charge in [0.15, 0.2) is 0 Å². The summed E-state index contributed by atoms with van der Waals surface area (Å²) in [6.45, 7) is 0. The monoisotopic (exact) mass is 194 g/mol. The Hall–Kier alpha value is -1.46. The van der Waals surface area contributed by atoms with Crippen molar-refractivity contribution in [3.8, 4) is 0 Å². The van der Waals surface area contributed by atoms with Crippen molar-refractivity contribution in [3.63, 3.8) is 0 Å². The van der Waals surface area contributed by atoms with Crippen molar-refractivity contribution < 1.29 is 30.0 Å². The van der Waals surface area contributed by atoms with E-state index in [2.05, 4.69) is 0 Å². The summed E-state index contributed by atoms with van der Waals surface area (Å²) in [6, 6.07) is 0. The first-order valence-electron chi connectivity index (χ1n) is 3.80. The summed E-state index contributed by atoms with van der Waals surface area (Å²) in [4.78, 5) is 17.1. The van der Waals surface area contributed by atoms with Gasteiger partial charge in [0.25, 0.3) is 0 Å². The quantitative estimate of drug-likeness (QED) is 0.470. The van der Waals surface area contributed by atoms with Gasteiger partial charge in [-0.15, -0.1) is 0 Å². The van der Waals surface area contributed by atoms with Crippen LogP contribution < -0.4 is 0 Å². The highest BCUT2D eigenvalue weighted by Crippen LogP contribution is 2.15. The molecule has 0 heterocycles. The number of hydrogen-bond acceptors (Lipinski definition) is 2. The van der Waals surface area contributed by atoms with E-state index in [0.717, 1.165) is 0 Å². The lowest BCUT2D eigenvalue weighted by Crippen LogP contribution is -1.81. The minimum atomic E-state index is -1.83. The molecule has 6 nitrogen and oxygen atoms in total. The van der Waals surface area contributed by atoms with Crippen LogP contribution in [-0.2, 0) is 0 Å². The minimum Gasteiger partial charge on any atom is -0.450 e. The summed E-state index contributed by atoms with van der Waals surface area (Å²) in [5.41, 5.74) is 0. The first-order valence-corrected chi connectivity index (χ1v) is 3.80. The van der Waals surface area contributed by atoms with Crippen molar-refractivity contribution in [3.05, 3.63) is 0 Å². The zero-order valence-corrected chi connectivity index (χ0v) is 7.14. The van der Waals surface area contributed by atoms with Crippen molar-refractivity contribution >= 4 is 12.3 Å². The maximum atomic E-state index is 8.56. The molecule has 0 saturated heterocycles. The predicted molar refractivity (Wildman–Crippen MR) is 44.4 cm³/mol. The zero-order valence-electron chi connectivity index (χ0n) is 7.14. The SMILES string of the molecule is C1CCCC1.O=C(O)O.O=C(O)O. The molecule has 0 atom stereocenters. The summed E-state index contributed by atoms with van der Waals surface area (Å²) in [6.07, 6.45) is 3.83. The van der Waals surface area contributed by atoms with Gasteiger partial charge in [0, 0.05) is 0 Å². The molecule has 0 aromatic rings. The number of rotatable bonds is 0. The summed E-state index contributed by atoms with van der Waals surface area (Å²) in [7, 11) is 0. The Morgan fingerprint density at radius 1 is 0.615 bits per heavy atom. The molecule has 1 aliphatic rings. The molecule has 0 amide bonds. The molecule has 0 bridgehead atoms. The third-order valence-electron chi connectivity index (χ3n) is 1.25. The van der Waals surface area contributed by atoms with Crippen LogP contribution in [0.25, 0.3) is 0 Å². The van der Waals surface area contributed by atoms with E-state index in [-0.39, 0.29) is 0 Å². The zero-order chi connectivity index (χ0) is 10.7. The van der Waals surface area contributed by atoms with Crippen molar-refractivity contribution in [2.75, 3.05) is 0 Å². The molecule has 0 unspecified atom stereocenters. The molecule has 0 radical (unpaired) electrons. The van der Waals surface area contributed by atoms with Gasteiger partial charge < -0.3 is 20.4 Å². The van der Waals surface area contributed by atoms with Gasteiger partial charge in [-0.3, -0.25) is 0 Å². The molecule has 0 aliphatic heterocycles. The average molecular weight is 194 g/mol. The lowest BCUT2D eigenvalue weighted by atomic mass is 10.4. The molecule has 13 heavy (non-hydrogen) atoms. The second-order valence-electron chi connectivity index (χ2n) is 2.33. The van der Waals surface area contributed by atoms with Crippen LogP contribution in [-0.4, -0.2) is 32.7 Å². The van der Waals surface area contributed by atoms with Crippen LogP contribution in [0.2, 0.25) is 0 Å². The standard InChI is InChI=1S/C5H10.2CH2O3/c1-2-4-5-3-1;2*2-1(3)4/h1-5H2;2*(H2,2,3,4). The van der Waals surface area contributed by atoms with Gasteiger partial charge in [-0.05, 0) is 0 Å².